The van der Waals surface area contributed by atoms with Crippen LogP contribution in [-0.2, 0) is 12.6 Å². The topological polar surface area (TPSA) is 55.8 Å². The van der Waals surface area contributed by atoms with Gasteiger partial charge in [0.15, 0.2) is 0 Å². The second kappa shape index (κ2) is 10.9. The van der Waals surface area contributed by atoms with Crippen molar-refractivity contribution in [1.29, 1.82) is 0 Å². The summed E-state index contributed by atoms with van der Waals surface area (Å²) in [4.78, 5) is 14.8. The molecule has 2 N–H and O–H groups in total. The molecule has 2 aliphatic rings. The van der Waals surface area contributed by atoms with Gasteiger partial charge in [-0.1, -0.05) is 6.07 Å². The SMILES string of the molecule is FC(F)(F)CC(F)(F)F.O=C(O)N1CCNCC1Cc1ccc(C(F)(F)F)cc1N1CCCC1. The number of hydrogen-bond acceptors (Lipinski definition) is 3. The van der Waals surface area contributed by atoms with Crippen molar-refractivity contribution in [3.63, 3.8) is 0 Å². The molecule has 1 atom stereocenters. The molecular weight excluding hydrogens is 485 g/mol. The van der Waals surface area contributed by atoms with Crippen LogP contribution in [0, 0.1) is 0 Å². The number of carboxylic acid groups (broad SMARTS) is 1. The normalized spacial score (nSPS) is 19.6. The number of halogens is 9. The lowest BCUT2D eigenvalue weighted by Gasteiger charge is -2.35. The van der Waals surface area contributed by atoms with Crippen LogP contribution in [0.3, 0.4) is 0 Å². The quantitative estimate of drug-likeness (QED) is 0.543. The van der Waals surface area contributed by atoms with E-state index in [-0.39, 0.29) is 6.04 Å². The molecule has 0 spiro atoms. The van der Waals surface area contributed by atoms with Crippen LogP contribution in [0.5, 0.6) is 0 Å². The van der Waals surface area contributed by atoms with Crippen molar-refractivity contribution in [3.8, 4) is 0 Å². The number of amides is 1. The van der Waals surface area contributed by atoms with Crippen molar-refractivity contribution in [2.45, 2.75) is 50.3 Å². The Kier molecular flexibility index (Phi) is 8.94. The molecule has 5 nitrogen and oxygen atoms in total. The molecule has 2 heterocycles. The van der Waals surface area contributed by atoms with E-state index in [1.165, 1.54) is 17.0 Å². The molecule has 0 aromatic heterocycles. The van der Waals surface area contributed by atoms with Crippen LogP contribution in [0.25, 0.3) is 0 Å². The minimum Gasteiger partial charge on any atom is -0.465 e. The maximum Gasteiger partial charge on any atom is 0.416 e. The lowest BCUT2D eigenvalue weighted by molar-refractivity contribution is -0.232. The molecule has 14 heteroatoms. The third-order valence-electron chi connectivity index (χ3n) is 5.31. The molecule has 0 bridgehead atoms. The van der Waals surface area contributed by atoms with Crippen LogP contribution < -0.4 is 10.2 Å². The number of nitrogens with one attached hydrogen (secondary N) is 1. The largest absolute Gasteiger partial charge is 0.465 e. The van der Waals surface area contributed by atoms with Gasteiger partial charge in [-0.05, 0) is 37.0 Å². The highest BCUT2D eigenvalue weighted by Gasteiger charge is 2.43. The van der Waals surface area contributed by atoms with E-state index in [0.29, 0.717) is 31.7 Å². The van der Waals surface area contributed by atoms with Crippen LogP contribution in [0.2, 0.25) is 0 Å². The van der Waals surface area contributed by atoms with Gasteiger partial charge in [-0.3, -0.25) is 0 Å². The molecular formula is C20H24F9N3O2. The molecule has 0 aliphatic carbocycles. The Morgan fingerprint density at radius 1 is 0.971 bits per heavy atom. The summed E-state index contributed by atoms with van der Waals surface area (Å²) in [6.07, 6.45) is -16.0. The molecule has 1 aromatic carbocycles. The minimum absolute atomic E-state index is 0.274. The molecule has 194 valence electrons. The van der Waals surface area contributed by atoms with Crippen molar-refractivity contribution in [3.05, 3.63) is 29.3 Å². The fourth-order valence-corrected chi connectivity index (χ4v) is 3.84. The molecule has 2 aliphatic heterocycles. The maximum atomic E-state index is 13.1. The lowest BCUT2D eigenvalue weighted by Crippen LogP contribution is -2.54. The molecule has 34 heavy (non-hydrogen) atoms. The predicted octanol–water partition coefficient (Wildman–Crippen LogP) is 5.30. The second-order valence-corrected chi connectivity index (χ2v) is 7.98. The summed E-state index contributed by atoms with van der Waals surface area (Å²) in [6, 6.07) is 3.54. The van der Waals surface area contributed by atoms with Crippen LogP contribution in [0.4, 0.5) is 50.0 Å². The highest BCUT2D eigenvalue weighted by atomic mass is 19.4. The van der Waals surface area contributed by atoms with E-state index in [0.717, 1.165) is 37.6 Å². The predicted molar refractivity (Wildman–Crippen MR) is 105 cm³/mol. The first-order valence-corrected chi connectivity index (χ1v) is 10.4. The van der Waals surface area contributed by atoms with Gasteiger partial charge >= 0.3 is 24.6 Å². The van der Waals surface area contributed by atoms with Crippen LogP contribution in [-0.4, -0.2) is 67.2 Å². The molecule has 0 radical (unpaired) electrons. The Labute approximate surface area is 189 Å². The number of anilines is 1. The minimum atomic E-state index is -5.14. The van der Waals surface area contributed by atoms with Crippen LogP contribution >= 0.6 is 0 Å². The zero-order valence-electron chi connectivity index (χ0n) is 17.8. The van der Waals surface area contributed by atoms with Crippen molar-refractivity contribution < 1.29 is 49.4 Å². The number of benzene rings is 1. The summed E-state index contributed by atoms with van der Waals surface area (Å²) >= 11 is 0. The fraction of sp³-hybridized carbons (Fsp3) is 0.650. The zero-order valence-corrected chi connectivity index (χ0v) is 17.8. The van der Waals surface area contributed by atoms with Gasteiger partial charge in [0, 0.05) is 38.4 Å². The van der Waals surface area contributed by atoms with Gasteiger partial charge < -0.3 is 20.2 Å². The van der Waals surface area contributed by atoms with Gasteiger partial charge in [-0.2, -0.15) is 39.5 Å². The van der Waals surface area contributed by atoms with E-state index in [9.17, 15) is 49.4 Å². The highest BCUT2D eigenvalue weighted by Crippen LogP contribution is 2.35. The molecule has 1 aromatic rings. The monoisotopic (exact) mass is 509 g/mol. The van der Waals surface area contributed by atoms with Crippen LogP contribution in [0.1, 0.15) is 30.4 Å². The van der Waals surface area contributed by atoms with Crippen LogP contribution in [0.15, 0.2) is 18.2 Å². The Morgan fingerprint density at radius 3 is 2.03 bits per heavy atom. The van der Waals surface area contributed by atoms with E-state index in [4.69, 9.17) is 0 Å². The van der Waals surface area contributed by atoms with Gasteiger partial charge in [0.05, 0.1) is 11.6 Å². The first kappa shape index (κ1) is 27.9. The first-order valence-electron chi connectivity index (χ1n) is 10.4. The van der Waals surface area contributed by atoms with Gasteiger partial charge in [-0.15, -0.1) is 0 Å². The van der Waals surface area contributed by atoms with E-state index in [1.807, 2.05) is 4.90 Å². The van der Waals surface area contributed by atoms with Crippen molar-refractivity contribution in [2.75, 3.05) is 37.6 Å². The number of alkyl halides is 9. The van der Waals surface area contributed by atoms with Crippen molar-refractivity contribution in [1.82, 2.24) is 10.2 Å². The molecule has 1 unspecified atom stereocenters. The van der Waals surface area contributed by atoms with Gasteiger partial charge in [0.2, 0.25) is 0 Å². The van der Waals surface area contributed by atoms with E-state index in [2.05, 4.69) is 5.32 Å². The number of rotatable bonds is 3. The summed E-state index contributed by atoms with van der Waals surface area (Å²) in [5, 5.41) is 12.5. The summed E-state index contributed by atoms with van der Waals surface area (Å²) in [5.41, 5.74) is 0.702. The number of nitrogens with zero attached hydrogens (tertiary/aromatic N) is 2. The third-order valence-corrected chi connectivity index (χ3v) is 5.31. The van der Waals surface area contributed by atoms with Crippen molar-refractivity contribution in [2.24, 2.45) is 0 Å². The number of piperazine rings is 1. The Morgan fingerprint density at radius 2 is 1.56 bits per heavy atom. The van der Waals surface area contributed by atoms with Gasteiger partial charge in [0.1, 0.15) is 6.42 Å². The summed E-state index contributed by atoms with van der Waals surface area (Å²) in [7, 11) is 0. The lowest BCUT2D eigenvalue weighted by atomic mass is 9.99. The summed E-state index contributed by atoms with van der Waals surface area (Å²) < 4.78 is 104. The van der Waals surface area contributed by atoms with E-state index in [1.54, 1.807) is 0 Å². The molecule has 3 rings (SSSR count). The van der Waals surface area contributed by atoms with E-state index >= 15 is 0 Å². The van der Waals surface area contributed by atoms with E-state index < -0.39 is 36.6 Å². The second-order valence-electron chi connectivity index (χ2n) is 7.98. The maximum absolute atomic E-state index is 13.1. The summed E-state index contributed by atoms with van der Waals surface area (Å²) in [5.74, 6) is 0. The summed E-state index contributed by atoms with van der Waals surface area (Å²) in [6.45, 7) is 2.96. The standard InChI is InChI=1S/C17H22F3N3O2.C3H2F6/c18-17(19,20)13-4-3-12(15(10-13)22-6-1-2-7-22)9-14-11-21-5-8-23(14)16(24)25;4-2(5,6)1-3(7,8)9/h3-4,10,14,21H,1-2,5-9,11H2,(H,24,25);1H2. The fourth-order valence-electron chi connectivity index (χ4n) is 3.84. The third kappa shape index (κ3) is 8.76. The highest BCUT2D eigenvalue weighted by molar-refractivity contribution is 5.66. The smallest absolute Gasteiger partial charge is 0.416 e. The zero-order chi connectivity index (χ0) is 25.7. The Hall–Kier alpha value is -2.38. The van der Waals surface area contributed by atoms with Gasteiger partial charge in [-0.25, -0.2) is 4.79 Å². The molecule has 2 fully saturated rings. The first-order chi connectivity index (χ1) is 15.6. The molecule has 1 amide bonds. The Balaban J connectivity index is 0.000000387. The van der Waals surface area contributed by atoms with Crippen molar-refractivity contribution >= 4 is 11.8 Å². The molecule has 2 saturated heterocycles. The van der Waals surface area contributed by atoms with Gasteiger partial charge in [0.25, 0.3) is 0 Å². The average molecular weight is 509 g/mol. The number of carbonyl (C=O) groups is 1. The number of hydrogen-bond donors (Lipinski definition) is 2. The Bertz CT molecular complexity index is 807. The average Bonchev–Trinajstić information content (AvgIpc) is 3.20. The molecule has 0 saturated carbocycles.